The number of halogens is 1. The predicted octanol–water partition coefficient (Wildman–Crippen LogP) is 2.55. The first-order valence-corrected chi connectivity index (χ1v) is 6.08. The average molecular weight is 249 g/mol. The maximum atomic E-state index is 13.0. The minimum atomic E-state index is -0.304. The Bertz CT molecular complexity index is 498. The smallest absolute Gasteiger partial charge is 0.226 e. The molecule has 2 rings (SSSR count). The number of aryl methyl sites for hydroxylation is 1. The van der Waals surface area contributed by atoms with E-state index in [4.69, 9.17) is 10.3 Å². The summed E-state index contributed by atoms with van der Waals surface area (Å²) in [4.78, 5) is 4.24. The van der Waals surface area contributed by atoms with Crippen LogP contribution in [0.25, 0.3) is 11.4 Å². The number of hydrogen-bond acceptors (Lipinski definition) is 4. The van der Waals surface area contributed by atoms with Crippen molar-refractivity contribution in [3.8, 4) is 11.4 Å². The molecular formula is C13H16FN3O. The summed E-state index contributed by atoms with van der Waals surface area (Å²) in [6, 6.07) is 6.16. The van der Waals surface area contributed by atoms with E-state index in [-0.39, 0.29) is 5.82 Å². The molecule has 0 saturated carbocycles. The van der Waals surface area contributed by atoms with Crippen LogP contribution in [0.5, 0.6) is 0 Å². The Labute approximate surface area is 105 Å². The van der Waals surface area contributed by atoms with E-state index in [2.05, 4.69) is 10.1 Å². The molecule has 1 heterocycles. The lowest BCUT2D eigenvalue weighted by molar-refractivity contribution is 0.374. The Balaban J connectivity index is 1.97. The van der Waals surface area contributed by atoms with Gasteiger partial charge in [0.2, 0.25) is 11.7 Å². The second-order valence-corrected chi connectivity index (χ2v) is 4.12. The Morgan fingerprint density at radius 3 is 2.89 bits per heavy atom. The van der Waals surface area contributed by atoms with E-state index in [1.807, 2.05) is 0 Å². The molecule has 0 saturated heterocycles. The average Bonchev–Trinajstić information content (AvgIpc) is 2.83. The molecule has 1 aromatic heterocycles. The van der Waals surface area contributed by atoms with E-state index < -0.39 is 0 Å². The maximum Gasteiger partial charge on any atom is 0.226 e. The highest BCUT2D eigenvalue weighted by atomic mass is 19.1. The van der Waals surface area contributed by atoms with Crippen LogP contribution in [0.4, 0.5) is 4.39 Å². The minimum Gasteiger partial charge on any atom is -0.339 e. The summed E-state index contributed by atoms with van der Waals surface area (Å²) in [7, 11) is 0. The van der Waals surface area contributed by atoms with Crippen molar-refractivity contribution in [1.29, 1.82) is 0 Å². The van der Waals surface area contributed by atoms with E-state index in [9.17, 15) is 4.39 Å². The molecule has 18 heavy (non-hydrogen) atoms. The van der Waals surface area contributed by atoms with Crippen molar-refractivity contribution < 1.29 is 8.91 Å². The summed E-state index contributed by atoms with van der Waals surface area (Å²) >= 11 is 0. The van der Waals surface area contributed by atoms with E-state index in [0.717, 1.165) is 25.7 Å². The van der Waals surface area contributed by atoms with E-state index in [1.54, 1.807) is 12.1 Å². The zero-order valence-electron chi connectivity index (χ0n) is 10.1. The molecule has 2 aromatic rings. The summed E-state index contributed by atoms with van der Waals surface area (Å²) in [5.74, 6) is 0.719. The third-order valence-electron chi connectivity index (χ3n) is 2.65. The first kappa shape index (κ1) is 12.7. The van der Waals surface area contributed by atoms with Gasteiger partial charge in [-0.2, -0.15) is 4.98 Å². The van der Waals surface area contributed by atoms with Gasteiger partial charge < -0.3 is 10.3 Å². The highest BCUT2D eigenvalue weighted by Crippen LogP contribution is 2.17. The van der Waals surface area contributed by atoms with Crippen molar-refractivity contribution in [2.75, 3.05) is 6.54 Å². The standard InChI is InChI=1S/C13H16FN3O/c14-11-6-4-5-10(9-11)13-16-12(18-17-13)7-2-1-3-8-15/h4-6,9H,1-3,7-8,15H2. The number of nitrogens with zero attached hydrogens (tertiary/aromatic N) is 2. The summed E-state index contributed by atoms with van der Waals surface area (Å²) < 4.78 is 18.2. The number of benzene rings is 1. The molecule has 0 aliphatic heterocycles. The van der Waals surface area contributed by atoms with Gasteiger partial charge in [0.1, 0.15) is 5.82 Å². The molecule has 5 heteroatoms. The fourth-order valence-corrected chi connectivity index (χ4v) is 1.70. The molecular weight excluding hydrogens is 233 g/mol. The molecule has 0 bridgehead atoms. The lowest BCUT2D eigenvalue weighted by Gasteiger charge is -1.94. The monoisotopic (exact) mass is 249 g/mol. The SMILES string of the molecule is NCCCCCc1nc(-c2cccc(F)c2)no1. The van der Waals surface area contributed by atoms with E-state index in [0.29, 0.717) is 23.8 Å². The Morgan fingerprint density at radius 2 is 2.11 bits per heavy atom. The van der Waals surface area contributed by atoms with Crippen LogP contribution >= 0.6 is 0 Å². The number of hydrogen-bond donors (Lipinski definition) is 1. The quantitative estimate of drug-likeness (QED) is 0.799. The van der Waals surface area contributed by atoms with Crippen molar-refractivity contribution in [3.63, 3.8) is 0 Å². The fraction of sp³-hybridized carbons (Fsp3) is 0.385. The lowest BCUT2D eigenvalue weighted by Crippen LogP contribution is -1.98. The zero-order chi connectivity index (χ0) is 12.8. The molecule has 0 unspecified atom stereocenters. The molecule has 0 fully saturated rings. The molecule has 96 valence electrons. The summed E-state index contributed by atoms with van der Waals surface area (Å²) in [6.07, 6.45) is 3.77. The zero-order valence-corrected chi connectivity index (χ0v) is 10.1. The summed E-state index contributed by atoms with van der Waals surface area (Å²) in [5, 5.41) is 3.85. The highest BCUT2D eigenvalue weighted by Gasteiger charge is 2.08. The van der Waals surface area contributed by atoms with E-state index >= 15 is 0 Å². The lowest BCUT2D eigenvalue weighted by atomic mass is 10.2. The Hall–Kier alpha value is -1.75. The molecule has 2 N–H and O–H groups in total. The van der Waals surface area contributed by atoms with Gasteiger partial charge in [0.25, 0.3) is 0 Å². The maximum absolute atomic E-state index is 13.0. The molecule has 4 nitrogen and oxygen atoms in total. The number of aromatic nitrogens is 2. The summed E-state index contributed by atoms with van der Waals surface area (Å²) in [6.45, 7) is 0.707. The van der Waals surface area contributed by atoms with Crippen LogP contribution in [0.1, 0.15) is 25.2 Å². The van der Waals surface area contributed by atoms with Gasteiger partial charge in [-0.25, -0.2) is 4.39 Å². The third kappa shape index (κ3) is 3.37. The fourth-order valence-electron chi connectivity index (χ4n) is 1.70. The highest BCUT2D eigenvalue weighted by molar-refractivity contribution is 5.53. The van der Waals surface area contributed by atoms with Crippen LogP contribution in [0, 0.1) is 5.82 Å². The van der Waals surface area contributed by atoms with Crippen LogP contribution in [-0.2, 0) is 6.42 Å². The van der Waals surface area contributed by atoms with Crippen LogP contribution in [0.3, 0.4) is 0 Å². The van der Waals surface area contributed by atoms with Gasteiger partial charge in [-0.05, 0) is 31.5 Å². The third-order valence-corrected chi connectivity index (χ3v) is 2.65. The van der Waals surface area contributed by atoms with Gasteiger partial charge in [-0.15, -0.1) is 0 Å². The van der Waals surface area contributed by atoms with Gasteiger partial charge in [0, 0.05) is 12.0 Å². The van der Waals surface area contributed by atoms with Gasteiger partial charge >= 0.3 is 0 Å². The van der Waals surface area contributed by atoms with Gasteiger partial charge in [-0.1, -0.05) is 23.7 Å². The van der Waals surface area contributed by atoms with Crippen LogP contribution in [-0.4, -0.2) is 16.7 Å². The normalized spacial score (nSPS) is 10.8. The number of nitrogens with two attached hydrogens (primary N) is 1. The minimum absolute atomic E-state index is 0.304. The van der Waals surface area contributed by atoms with Gasteiger partial charge in [-0.3, -0.25) is 0 Å². The number of rotatable bonds is 6. The van der Waals surface area contributed by atoms with Crippen LogP contribution in [0.15, 0.2) is 28.8 Å². The Morgan fingerprint density at radius 1 is 1.22 bits per heavy atom. The molecule has 0 aliphatic rings. The largest absolute Gasteiger partial charge is 0.339 e. The van der Waals surface area contributed by atoms with E-state index in [1.165, 1.54) is 12.1 Å². The van der Waals surface area contributed by atoms with Crippen molar-refractivity contribution in [3.05, 3.63) is 36.0 Å². The Kier molecular flexibility index (Phi) is 4.41. The van der Waals surface area contributed by atoms with Crippen LogP contribution in [0.2, 0.25) is 0 Å². The molecule has 0 amide bonds. The number of unbranched alkanes of at least 4 members (excludes halogenated alkanes) is 2. The first-order valence-electron chi connectivity index (χ1n) is 6.08. The molecule has 1 aromatic carbocycles. The van der Waals surface area contributed by atoms with Crippen molar-refractivity contribution >= 4 is 0 Å². The topological polar surface area (TPSA) is 64.9 Å². The molecule has 0 atom stereocenters. The van der Waals surface area contributed by atoms with Crippen molar-refractivity contribution in [2.45, 2.75) is 25.7 Å². The second-order valence-electron chi connectivity index (χ2n) is 4.12. The molecule has 0 aliphatic carbocycles. The summed E-state index contributed by atoms with van der Waals surface area (Å²) in [5.41, 5.74) is 6.05. The predicted molar refractivity (Wildman–Crippen MR) is 66.3 cm³/mol. The van der Waals surface area contributed by atoms with Gasteiger partial charge in [0.15, 0.2) is 0 Å². The van der Waals surface area contributed by atoms with Crippen LogP contribution < -0.4 is 5.73 Å². The molecule has 0 spiro atoms. The van der Waals surface area contributed by atoms with Crippen molar-refractivity contribution in [2.24, 2.45) is 5.73 Å². The second kappa shape index (κ2) is 6.26. The van der Waals surface area contributed by atoms with Crippen molar-refractivity contribution in [1.82, 2.24) is 10.1 Å². The first-order chi connectivity index (χ1) is 8.79. The molecule has 0 radical (unpaired) electrons. The van der Waals surface area contributed by atoms with Gasteiger partial charge in [0.05, 0.1) is 0 Å².